The Morgan fingerprint density at radius 3 is 2.67 bits per heavy atom. The van der Waals surface area contributed by atoms with Crippen LogP contribution in [0.5, 0.6) is 5.75 Å². The zero-order chi connectivity index (χ0) is 19.8. The van der Waals surface area contributed by atoms with Gasteiger partial charge in [0.15, 0.2) is 5.75 Å². The third-order valence-electron chi connectivity index (χ3n) is 4.51. The van der Waals surface area contributed by atoms with E-state index in [-0.39, 0.29) is 12.6 Å². The molecule has 1 saturated heterocycles. The number of amides is 3. The molecule has 27 heavy (non-hydrogen) atoms. The van der Waals surface area contributed by atoms with Gasteiger partial charge in [-0.15, -0.1) is 0 Å². The van der Waals surface area contributed by atoms with Crippen LogP contribution in [-0.2, 0) is 17.8 Å². The maximum Gasteiger partial charge on any atom is 0.410 e. The van der Waals surface area contributed by atoms with Crippen LogP contribution in [0.15, 0.2) is 6.07 Å². The van der Waals surface area contributed by atoms with E-state index in [9.17, 15) is 14.9 Å². The van der Waals surface area contributed by atoms with Gasteiger partial charge in [-0.3, -0.25) is 9.80 Å². The standard InChI is InChI=1S/C19H24N4O4/c1-19(2,3)27-18(25)22-10-12-8-15(23-7-5-6-21-17(23)24)16(26-4)13(9-20)14(12)11-22/h8H,5-7,10-11H2,1-4H3,(H,21,24). The first-order valence-electron chi connectivity index (χ1n) is 8.91. The van der Waals surface area contributed by atoms with Gasteiger partial charge in [-0.2, -0.15) is 5.26 Å². The first kappa shape index (κ1) is 18.8. The topological polar surface area (TPSA) is 94.9 Å². The molecule has 1 aromatic carbocycles. The van der Waals surface area contributed by atoms with Crippen LogP contribution in [0, 0.1) is 11.3 Å². The average Bonchev–Trinajstić information content (AvgIpc) is 3.03. The highest BCUT2D eigenvalue weighted by atomic mass is 16.6. The SMILES string of the molecule is COc1c(N2CCCNC2=O)cc2c(c1C#N)CN(C(=O)OC(C)(C)C)C2. The van der Waals surface area contributed by atoms with Gasteiger partial charge in [-0.1, -0.05) is 0 Å². The highest BCUT2D eigenvalue weighted by Gasteiger charge is 2.34. The average molecular weight is 372 g/mol. The van der Waals surface area contributed by atoms with Gasteiger partial charge in [-0.25, -0.2) is 9.59 Å². The predicted molar refractivity (Wildman–Crippen MR) is 98.6 cm³/mol. The van der Waals surface area contributed by atoms with Crippen molar-refractivity contribution in [3.8, 4) is 11.8 Å². The first-order chi connectivity index (χ1) is 12.7. The summed E-state index contributed by atoms with van der Waals surface area (Å²) in [6.45, 7) is 7.20. The molecule has 0 unspecified atom stereocenters. The van der Waals surface area contributed by atoms with Crippen LogP contribution in [0.2, 0.25) is 0 Å². The number of anilines is 1. The monoisotopic (exact) mass is 372 g/mol. The summed E-state index contributed by atoms with van der Waals surface area (Å²) in [6, 6.07) is 3.81. The number of hydrogen-bond donors (Lipinski definition) is 1. The molecule has 3 amide bonds. The van der Waals surface area contributed by atoms with Crippen molar-refractivity contribution in [1.82, 2.24) is 10.2 Å². The Morgan fingerprint density at radius 2 is 2.07 bits per heavy atom. The highest BCUT2D eigenvalue weighted by Crippen LogP contribution is 2.40. The molecule has 0 spiro atoms. The van der Waals surface area contributed by atoms with E-state index < -0.39 is 11.7 Å². The molecule has 0 aromatic heterocycles. The molecule has 2 aliphatic heterocycles. The van der Waals surface area contributed by atoms with Crippen LogP contribution < -0.4 is 15.0 Å². The number of methoxy groups -OCH3 is 1. The zero-order valence-electron chi connectivity index (χ0n) is 16.1. The molecule has 1 fully saturated rings. The molecule has 8 nitrogen and oxygen atoms in total. The van der Waals surface area contributed by atoms with Crippen LogP contribution in [-0.4, -0.2) is 42.8 Å². The van der Waals surface area contributed by atoms with E-state index in [1.54, 1.807) is 9.80 Å². The summed E-state index contributed by atoms with van der Waals surface area (Å²) in [7, 11) is 1.48. The fourth-order valence-electron chi connectivity index (χ4n) is 3.36. The molecule has 3 rings (SSSR count). The molecule has 2 heterocycles. The largest absolute Gasteiger partial charge is 0.493 e. The van der Waals surface area contributed by atoms with Crippen molar-refractivity contribution in [3.63, 3.8) is 0 Å². The normalized spacial score (nSPS) is 16.5. The number of rotatable bonds is 2. The molecule has 0 saturated carbocycles. The lowest BCUT2D eigenvalue weighted by Crippen LogP contribution is -2.46. The van der Waals surface area contributed by atoms with Gasteiger partial charge in [0.25, 0.3) is 0 Å². The number of nitriles is 1. The van der Waals surface area contributed by atoms with E-state index >= 15 is 0 Å². The summed E-state index contributed by atoms with van der Waals surface area (Å²) in [6.07, 6.45) is 0.372. The molecule has 0 radical (unpaired) electrons. The lowest BCUT2D eigenvalue weighted by molar-refractivity contribution is 0.0241. The van der Waals surface area contributed by atoms with E-state index in [1.807, 2.05) is 26.8 Å². The molecule has 2 aliphatic rings. The number of urea groups is 1. The van der Waals surface area contributed by atoms with E-state index in [4.69, 9.17) is 9.47 Å². The van der Waals surface area contributed by atoms with Crippen molar-refractivity contribution in [2.45, 2.75) is 45.9 Å². The number of nitrogens with zero attached hydrogens (tertiary/aromatic N) is 3. The minimum Gasteiger partial charge on any atom is -0.493 e. The molecule has 8 heteroatoms. The molecule has 1 aromatic rings. The van der Waals surface area contributed by atoms with Crippen molar-refractivity contribution in [2.24, 2.45) is 0 Å². The van der Waals surface area contributed by atoms with E-state index in [0.29, 0.717) is 36.6 Å². The maximum atomic E-state index is 12.4. The van der Waals surface area contributed by atoms with E-state index in [0.717, 1.165) is 17.5 Å². The van der Waals surface area contributed by atoms with Gasteiger partial charge >= 0.3 is 12.1 Å². The molecule has 0 atom stereocenters. The van der Waals surface area contributed by atoms with Gasteiger partial charge in [0, 0.05) is 19.6 Å². The summed E-state index contributed by atoms with van der Waals surface area (Å²) in [5, 5.41) is 12.5. The Kier molecular flexibility index (Phi) is 4.87. The van der Waals surface area contributed by atoms with Gasteiger partial charge in [0.1, 0.15) is 17.2 Å². The molecular formula is C19H24N4O4. The van der Waals surface area contributed by atoms with Gasteiger partial charge in [-0.05, 0) is 44.4 Å². The maximum absolute atomic E-state index is 12.4. The quantitative estimate of drug-likeness (QED) is 0.861. The predicted octanol–water partition coefficient (Wildman–Crippen LogP) is 2.74. The summed E-state index contributed by atoms with van der Waals surface area (Å²) < 4.78 is 10.9. The number of nitrogens with one attached hydrogen (secondary N) is 1. The van der Waals surface area contributed by atoms with E-state index in [2.05, 4.69) is 11.4 Å². The van der Waals surface area contributed by atoms with Crippen molar-refractivity contribution in [2.75, 3.05) is 25.1 Å². The third kappa shape index (κ3) is 3.63. The van der Waals surface area contributed by atoms with Gasteiger partial charge in [0.05, 0.1) is 19.3 Å². The van der Waals surface area contributed by atoms with Gasteiger partial charge in [0.2, 0.25) is 0 Å². The number of ether oxygens (including phenoxy) is 2. The van der Waals surface area contributed by atoms with Crippen molar-refractivity contribution in [3.05, 3.63) is 22.8 Å². The first-order valence-corrected chi connectivity index (χ1v) is 8.91. The fraction of sp³-hybridized carbons (Fsp3) is 0.526. The van der Waals surface area contributed by atoms with Crippen molar-refractivity contribution >= 4 is 17.8 Å². The minimum absolute atomic E-state index is 0.217. The summed E-state index contributed by atoms with van der Waals surface area (Å²) in [5.74, 6) is 0.360. The second kappa shape index (κ2) is 6.99. The van der Waals surface area contributed by atoms with Gasteiger partial charge < -0.3 is 14.8 Å². The molecular weight excluding hydrogens is 348 g/mol. The molecule has 144 valence electrons. The smallest absolute Gasteiger partial charge is 0.410 e. The number of fused-ring (bicyclic) bond motifs is 1. The van der Waals surface area contributed by atoms with Crippen LogP contribution in [0.3, 0.4) is 0 Å². The highest BCUT2D eigenvalue weighted by molar-refractivity contribution is 5.95. The summed E-state index contributed by atoms with van der Waals surface area (Å²) in [5.41, 5.74) is 1.87. The van der Waals surface area contributed by atoms with Crippen LogP contribution in [0.4, 0.5) is 15.3 Å². The Balaban J connectivity index is 1.98. The number of hydrogen-bond acceptors (Lipinski definition) is 5. The second-order valence-electron chi connectivity index (χ2n) is 7.63. The van der Waals surface area contributed by atoms with Crippen LogP contribution >= 0.6 is 0 Å². The van der Waals surface area contributed by atoms with Crippen LogP contribution in [0.1, 0.15) is 43.9 Å². The van der Waals surface area contributed by atoms with Crippen LogP contribution in [0.25, 0.3) is 0 Å². The number of carbonyl (C=O) groups is 2. The fourth-order valence-corrected chi connectivity index (χ4v) is 3.36. The lowest BCUT2D eigenvalue weighted by Gasteiger charge is -2.29. The lowest BCUT2D eigenvalue weighted by atomic mass is 10.0. The van der Waals surface area contributed by atoms with Crippen molar-refractivity contribution < 1.29 is 19.1 Å². The Bertz CT molecular complexity index is 822. The molecule has 1 N–H and O–H groups in total. The summed E-state index contributed by atoms with van der Waals surface area (Å²) >= 11 is 0. The van der Waals surface area contributed by atoms with E-state index in [1.165, 1.54) is 7.11 Å². The number of carbonyl (C=O) groups excluding carboxylic acids is 2. The molecule has 0 aliphatic carbocycles. The Labute approximate surface area is 158 Å². The molecule has 0 bridgehead atoms. The minimum atomic E-state index is -0.599. The summed E-state index contributed by atoms with van der Waals surface area (Å²) in [4.78, 5) is 27.9. The zero-order valence-corrected chi connectivity index (χ0v) is 16.1. The Morgan fingerprint density at radius 1 is 1.33 bits per heavy atom. The number of benzene rings is 1. The Hall–Kier alpha value is -2.95. The second-order valence-corrected chi connectivity index (χ2v) is 7.63. The third-order valence-corrected chi connectivity index (χ3v) is 4.51. The van der Waals surface area contributed by atoms with Crippen molar-refractivity contribution in [1.29, 1.82) is 5.26 Å².